The van der Waals surface area contributed by atoms with Crippen LogP contribution in [0.2, 0.25) is 0 Å². The van der Waals surface area contributed by atoms with Crippen molar-refractivity contribution in [1.82, 2.24) is 0 Å². The fraction of sp³-hybridized carbons (Fsp3) is 0.824. The van der Waals surface area contributed by atoms with Gasteiger partial charge in [0.05, 0.1) is 6.04 Å². The lowest BCUT2D eigenvalue weighted by molar-refractivity contribution is 0.330. The molecule has 1 aliphatic heterocycles. The summed E-state index contributed by atoms with van der Waals surface area (Å²) in [5.41, 5.74) is 1.55. The highest BCUT2D eigenvalue weighted by Crippen LogP contribution is 2.33. The van der Waals surface area contributed by atoms with Crippen molar-refractivity contribution < 1.29 is 0 Å². The summed E-state index contributed by atoms with van der Waals surface area (Å²) in [4.78, 5) is 5.16. The molecule has 1 heterocycles. The molecule has 0 radical (unpaired) electrons. The smallest absolute Gasteiger partial charge is 0.0707 e. The second-order valence-electron chi connectivity index (χ2n) is 6.48. The first-order chi connectivity index (χ1) is 8.93. The molecule has 2 aliphatic carbocycles. The Kier molecular flexibility index (Phi) is 4.17. The van der Waals surface area contributed by atoms with Crippen molar-refractivity contribution in [2.45, 2.75) is 76.7 Å². The third-order valence-electron chi connectivity index (χ3n) is 5.18. The second-order valence-corrected chi connectivity index (χ2v) is 6.48. The van der Waals surface area contributed by atoms with Crippen LogP contribution in [0.5, 0.6) is 0 Å². The zero-order valence-electron chi connectivity index (χ0n) is 11.6. The summed E-state index contributed by atoms with van der Waals surface area (Å²) in [6, 6.07) is 0.538. The Bertz CT molecular complexity index is 317. The number of rotatable bonds is 2. The molecule has 2 saturated carbocycles. The lowest BCUT2D eigenvalue weighted by Crippen LogP contribution is -2.27. The van der Waals surface area contributed by atoms with Crippen LogP contribution in [-0.4, -0.2) is 11.8 Å². The van der Waals surface area contributed by atoms with Crippen LogP contribution in [0.3, 0.4) is 0 Å². The van der Waals surface area contributed by atoms with E-state index in [0.717, 1.165) is 18.3 Å². The van der Waals surface area contributed by atoms with Crippen LogP contribution in [0, 0.1) is 11.8 Å². The van der Waals surface area contributed by atoms with Crippen LogP contribution in [0.1, 0.15) is 70.6 Å². The van der Waals surface area contributed by atoms with Gasteiger partial charge in [-0.2, -0.15) is 0 Å². The summed E-state index contributed by atoms with van der Waals surface area (Å²) in [7, 11) is 0. The van der Waals surface area contributed by atoms with E-state index in [2.05, 4.69) is 12.2 Å². The molecule has 1 atom stereocenters. The number of dihydropyridines is 1. The maximum absolute atomic E-state index is 5.16. The zero-order valence-corrected chi connectivity index (χ0v) is 11.6. The molecule has 1 unspecified atom stereocenters. The van der Waals surface area contributed by atoms with Gasteiger partial charge >= 0.3 is 0 Å². The van der Waals surface area contributed by atoms with E-state index in [0.29, 0.717) is 6.04 Å². The van der Waals surface area contributed by atoms with E-state index in [9.17, 15) is 0 Å². The van der Waals surface area contributed by atoms with E-state index < -0.39 is 0 Å². The lowest BCUT2D eigenvalue weighted by atomic mass is 9.80. The van der Waals surface area contributed by atoms with Crippen LogP contribution in [-0.2, 0) is 0 Å². The van der Waals surface area contributed by atoms with E-state index >= 15 is 0 Å². The maximum atomic E-state index is 5.16. The predicted octanol–water partition coefficient (Wildman–Crippen LogP) is 4.92. The van der Waals surface area contributed by atoms with Crippen LogP contribution >= 0.6 is 0 Å². The van der Waals surface area contributed by atoms with Crippen molar-refractivity contribution in [3.8, 4) is 0 Å². The quantitative estimate of drug-likeness (QED) is 0.612. The van der Waals surface area contributed by atoms with Crippen LogP contribution in [0.15, 0.2) is 17.1 Å². The number of allylic oxidation sites excluding steroid dienone is 1. The van der Waals surface area contributed by atoms with Crippen molar-refractivity contribution >= 4 is 5.71 Å². The fourth-order valence-electron chi connectivity index (χ4n) is 4.06. The Morgan fingerprint density at radius 1 is 0.833 bits per heavy atom. The molecular weight excluding hydrogens is 218 g/mol. The highest BCUT2D eigenvalue weighted by Gasteiger charge is 2.26. The van der Waals surface area contributed by atoms with Gasteiger partial charge in [0.25, 0.3) is 0 Å². The predicted molar refractivity (Wildman–Crippen MR) is 78.1 cm³/mol. The molecule has 0 aromatic carbocycles. The van der Waals surface area contributed by atoms with E-state index in [1.165, 1.54) is 64.2 Å². The molecular formula is C17H27N. The minimum atomic E-state index is 0.538. The van der Waals surface area contributed by atoms with Gasteiger partial charge in [0.2, 0.25) is 0 Å². The van der Waals surface area contributed by atoms with Gasteiger partial charge in [-0.15, -0.1) is 0 Å². The molecule has 0 bridgehead atoms. The number of hydrogen-bond acceptors (Lipinski definition) is 1. The second kappa shape index (κ2) is 6.04. The SMILES string of the molecule is C1=CC(C2CCCCC2)N=C(C2CCCCC2)C1. The summed E-state index contributed by atoms with van der Waals surface area (Å²) < 4.78 is 0. The molecule has 18 heavy (non-hydrogen) atoms. The van der Waals surface area contributed by atoms with Crippen molar-refractivity contribution in [2.75, 3.05) is 0 Å². The maximum Gasteiger partial charge on any atom is 0.0707 e. The molecule has 3 aliphatic rings. The highest BCUT2D eigenvalue weighted by molar-refractivity contribution is 5.89. The molecule has 0 saturated heterocycles. The lowest BCUT2D eigenvalue weighted by Gasteiger charge is -2.31. The van der Waals surface area contributed by atoms with Gasteiger partial charge in [-0.05, 0) is 37.5 Å². The molecule has 2 fully saturated rings. The Labute approximate surface area is 112 Å². The molecule has 0 spiro atoms. The molecule has 3 rings (SSSR count). The van der Waals surface area contributed by atoms with Crippen LogP contribution in [0.4, 0.5) is 0 Å². The normalized spacial score (nSPS) is 31.3. The van der Waals surface area contributed by atoms with Crippen LogP contribution < -0.4 is 0 Å². The van der Waals surface area contributed by atoms with Gasteiger partial charge in [0.1, 0.15) is 0 Å². The van der Waals surface area contributed by atoms with Gasteiger partial charge < -0.3 is 0 Å². The first-order valence-corrected chi connectivity index (χ1v) is 8.17. The third-order valence-corrected chi connectivity index (χ3v) is 5.18. The largest absolute Gasteiger partial charge is 0.286 e. The molecule has 0 aromatic rings. The summed E-state index contributed by atoms with van der Waals surface area (Å²) in [5, 5.41) is 0. The summed E-state index contributed by atoms with van der Waals surface area (Å²) in [5.74, 6) is 1.68. The van der Waals surface area contributed by atoms with Crippen LogP contribution in [0.25, 0.3) is 0 Å². The van der Waals surface area contributed by atoms with Gasteiger partial charge in [-0.25, -0.2) is 0 Å². The van der Waals surface area contributed by atoms with Crippen molar-refractivity contribution in [2.24, 2.45) is 16.8 Å². The fourth-order valence-corrected chi connectivity index (χ4v) is 4.06. The zero-order chi connectivity index (χ0) is 12.2. The molecule has 0 amide bonds. The Hall–Kier alpha value is -0.590. The van der Waals surface area contributed by atoms with Gasteiger partial charge in [0.15, 0.2) is 0 Å². The van der Waals surface area contributed by atoms with Gasteiger partial charge in [0, 0.05) is 12.1 Å². The minimum Gasteiger partial charge on any atom is -0.286 e. The van der Waals surface area contributed by atoms with Crippen molar-refractivity contribution in [1.29, 1.82) is 0 Å². The standard InChI is InChI=1S/C17H27N/c1-3-8-14(9-4-1)16-12-7-13-17(18-16)15-10-5-2-6-11-15/h7,12,14-16H,1-6,8-11,13H2. The molecule has 100 valence electrons. The highest BCUT2D eigenvalue weighted by atomic mass is 14.8. The Balaban J connectivity index is 1.65. The van der Waals surface area contributed by atoms with E-state index in [1.54, 1.807) is 5.71 Å². The van der Waals surface area contributed by atoms with E-state index in [-0.39, 0.29) is 0 Å². The first-order valence-electron chi connectivity index (χ1n) is 8.17. The molecule has 1 nitrogen and oxygen atoms in total. The topological polar surface area (TPSA) is 12.4 Å². The van der Waals surface area contributed by atoms with Crippen molar-refractivity contribution in [3.63, 3.8) is 0 Å². The van der Waals surface area contributed by atoms with Crippen molar-refractivity contribution in [3.05, 3.63) is 12.2 Å². The monoisotopic (exact) mass is 245 g/mol. The van der Waals surface area contributed by atoms with E-state index in [4.69, 9.17) is 4.99 Å². The average molecular weight is 245 g/mol. The summed E-state index contributed by atoms with van der Waals surface area (Å²) in [6.45, 7) is 0. The number of aliphatic imine (C=N–C) groups is 1. The molecule has 0 N–H and O–H groups in total. The Morgan fingerprint density at radius 3 is 2.22 bits per heavy atom. The summed E-state index contributed by atoms with van der Waals surface area (Å²) >= 11 is 0. The molecule has 0 aromatic heterocycles. The number of hydrogen-bond donors (Lipinski definition) is 0. The first kappa shape index (κ1) is 12.4. The average Bonchev–Trinajstić information content (AvgIpc) is 2.49. The molecule has 1 heteroatoms. The number of nitrogens with zero attached hydrogens (tertiary/aromatic N) is 1. The third kappa shape index (κ3) is 2.87. The summed E-state index contributed by atoms with van der Waals surface area (Å²) in [6.07, 6.45) is 20.2. The van der Waals surface area contributed by atoms with E-state index in [1.807, 2.05) is 0 Å². The Morgan fingerprint density at radius 2 is 1.50 bits per heavy atom. The van der Waals surface area contributed by atoms with Gasteiger partial charge in [-0.1, -0.05) is 50.7 Å². The van der Waals surface area contributed by atoms with Gasteiger partial charge in [-0.3, -0.25) is 4.99 Å². The minimum absolute atomic E-state index is 0.538.